The Labute approximate surface area is 110 Å². The van der Waals surface area contributed by atoms with Crippen molar-refractivity contribution in [2.75, 3.05) is 14.2 Å². The van der Waals surface area contributed by atoms with Crippen molar-refractivity contribution in [3.8, 4) is 11.5 Å². The lowest BCUT2D eigenvalue weighted by atomic mass is 10.1. The predicted molar refractivity (Wildman–Crippen MR) is 69.4 cm³/mol. The van der Waals surface area contributed by atoms with E-state index in [-0.39, 0.29) is 11.6 Å². The van der Waals surface area contributed by atoms with Gasteiger partial charge in [0.2, 0.25) is 5.88 Å². The molecule has 1 aromatic carbocycles. The van der Waals surface area contributed by atoms with Crippen LogP contribution in [0.15, 0.2) is 34.3 Å². The van der Waals surface area contributed by atoms with Gasteiger partial charge in [0.05, 0.1) is 14.2 Å². The molecular formula is C12H16N4O3. The zero-order chi connectivity index (χ0) is 14.0. The van der Waals surface area contributed by atoms with Crippen LogP contribution in [0.3, 0.4) is 0 Å². The lowest BCUT2D eigenvalue weighted by Gasteiger charge is -2.25. The van der Waals surface area contributed by atoms with Crippen LogP contribution in [0, 0.1) is 0 Å². The molecule has 1 atom stereocenters. The van der Waals surface area contributed by atoms with Crippen LogP contribution in [0.25, 0.3) is 5.70 Å². The van der Waals surface area contributed by atoms with E-state index in [4.69, 9.17) is 15.3 Å². The highest BCUT2D eigenvalue weighted by molar-refractivity contribution is 5.71. The minimum Gasteiger partial charge on any atom is -0.497 e. The molecule has 1 unspecified atom stereocenters. The fourth-order valence-electron chi connectivity index (χ4n) is 1.71. The van der Waals surface area contributed by atoms with Gasteiger partial charge in [-0.15, -0.1) is 5.11 Å². The van der Waals surface area contributed by atoms with Crippen molar-refractivity contribution in [3.63, 3.8) is 0 Å². The molecule has 0 aliphatic carbocycles. The smallest absolute Gasteiger partial charge is 0.232 e. The van der Waals surface area contributed by atoms with E-state index in [0.717, 1.165) is 5.01 Å². The van der Waals surface area contributed by atoms with Crippen molar-refractivity contribution in [3.05, 3.63) is 29.6 Å². The summed E-state index contributed by atoms with van der Waals surface area (Å²) in [5.41, 5.74) is 0.854. The van der Waals surface area contributed by atoms with Crippen LogP contribution < -0.4 is 15.3 Å². The maximum Gasteiger partial charge on any atom is 0.232 e. The topological polar surface area (TPSA) is 92.7 Å². The molecule has 2 rings (SSSR count). The summed E-state index contributed by atoms with van der Waals surface area (Å²) in [5.74, 6) is 6.72. The third-order valence-corrected chi connectivity index (χ3v) is 2.85. The number of hydrazine groups is 1. The maximum absolute atomic E-state index is 10.0. The summed E-state index contributed by atoms with van der Waals surface area (Å²) in [7, 11) is 3.09. The van der Waals surface area contributed by atoms with Crippen LogP contribution in [0.2, 0.25) is 0 Å². The van der Waals surface area contributed by atoms with E-state index in [1.54, 1.807) is 32.2 Å². The maximum atomic E-state index is 10.0. The fraction of sp³-hybridized carbons (Fsp3) is 0.333. The molecule has 0 aromatic heterocycles. The standard InChI is InChI=1S/C12H16N4O3/c1-7-14-15-11(12(17)16(7)13)9-5-4-8(18-2)6-10(9)19-3/h4-7,17H,13H2,1-3H3. The molecule has 0 radical (unpaired) electrons. The Balaban J connectivity index is 2.50. The lowest BCUT2D eigenvalue weighted by Crippen LogP contribution is -2.39. The van der Waals surface area contributed by atoms with Crippen LogP contribution in [-0.2, 0) is 0 Å². The van der Waals surface area contributed by atoms with E-state index in [0.29, 0.717) is 17.1 Å². The largest absolute Gasteiger partial charge is 0.497 e. The van der Waals surface area contributed by atoms with Gasteiger partial charge in [0.1, 0.15) is 11.5 Å². The lowest BCUT2D eigenvalue weighted by molar-refractivity contribution is 0.155. The average Bonchev–Trinajstić information content (AvgIpc) is 2.44. The average molecular weight is 264 g/mol. The molecule has 0 bridgehead atoms. The third-order valence-electron chi connectivity index (χ3n) is 2.85. The number of benzene rings is 1. The molecule has 19 heavy (non-hydrogen) atoms. The first-order valence-electron chi connectivity index (χ1n) is 5.69. The SMILES string of the molecule is COc1ccc(C2=C(O)N(N)C(C)N=N2)c(OC)c1. The van der Waals surface area contributed by atoms with E-state index in [9.17, 15) is 5.11 Å². The van der Waals surface area contributed by atoms with Crippen molar-refractivity contribution in [2.45, 2.75) is 13.1 Å². The molecule has 0 saturated heterocycles. The van der Waals surface area contributed by atoms with E-state index in [1.165, 1.54) is 7.11 Å². The first kappa shape index (κ1) is 13.2. The minimum absolute atomic E-state index is 0.147. The zero-order valence-electron chi connectivity index (χ0n) is 11.0. The summed E-state index contributed by atoms with van der Waals surface area (Å²) >= 11 is 0. The Hall–Kier alpha value is -2.28. The number of nitrogens with two attached hydrogens (primary N) is 1. The van der Waals surface area contributed by atoms with Crippen LogP contribution >= 0.6 is 0 Å². The summed E-state index contributed by atoms with van der Waals surface area (Å²) in [4.78, 5) is 0. The highest BCUT2D eigenvalue weighted by Crippen LogP contribution is 2.34. The molecule has 0 amide bonds. The zero-order valence-corrected chi connectivity index (χ0v) is 11.0. The number of nitrogens with zero attached hydrogens (tertiary/aromatic N) is 3. The summed E-state index contributed by atoms with van der Waals surface area (Å²) in [5, 5.41) is 19.1. The second-order valence-electron chi connectivity index (χ2n) is 3.99. The van der Waals surface area contributed by atoms with Gasteiger partial charge in [-0.25, -0.2) is 5.84 Å². The molecule has 7 nitrogen and oxygen atoms in total. The number of azo groups is 1. The van der Waals surface area contributed by atoms with Crippen LogP contribution in [-0.4, -0.2) is 30.5 Å². The molecule has 1 aliphatic rings. The Morgan fingerprint density at radius 3 is 2.68 bits per heavy atom. The molecule has 3 N–H and O–H groups in total. The summed E-state index contributed by atoms with van der Waals surface area (Å²) in [6.45, 7) is 1.72. The van der Waals surface area contributed by atoms with Gasteiger partial charge in [0, 0.05) is 11.6 Å². The van der Waals surface area contributed by atoms with E-state index < -0.39 is 6.17 Å². The van der Waals surface area contributed by atoms with E-state index in [1.807, 2.05) is 0 Å². The first-order chi connectivity index (χ1) is 9.08. The van der Waals surface area contributed by atoms with Gasteiger partial charge in [-0.1, -0.05) is 0 Å². The van der Waals surface area contributed by atoms with Gasteiger partial charge in [-0.3, -0.25) is 5.01 Å². The Kier molecular flexibility index (Phi) is 3.57. The Bertz CT molecular complexity index is 542. The fourth-order valence-corrected chi connectivity index (χ4v) is 1.71. The molecule has 1 heterocycles. The molecule has 7 heteroatoms. The van der Waals surface area contributed by atoms with Crippen molar-refractivity contribution in [1.29, 1.82) is 0 Å². The van der Waals surface area contributed by atoms with Gasteiger partial charge in [0.15, 0.2) is 11.9 Å². The van der Waals surface area contributed by atoms with Crippen LogP contribution in [0.5, 0.6) is 11.5 Å². The minimum atomic E-state index is -0.409. The molecular weight excluding hydrogens is 248 g/mol. The number of ether oxygens (including phenoxy) is 2. The van der Waals surface area contributed by atoms with E-state index in [2.05, 4.69) is 10.2 Å². The monoisotopic (exact) mass is 264 g/mol. The molecule has 0 saturated carbocycles. The summed E-state index contributed by atoms with van der Waals surface area (Å²) in [6, 6.07) is 5.17. The first-order valence-corrected chi connectivity index (χ1v) is 5.69. The molecule has 0 fully saturated rings. The van der Waals surface area contributed by atoms with Crippen molar-refractivity contribution < 1.29 is 14.6 Å². The second kappa shape index (κ2) is 5.15. The van der Waals surface area contributed by atoms with Gasteiger partial charge < -0.3 is 14.6 Å². The number of hydrogen-bond donors (Lipinski definition) is 2. The molecule has 0 spiro atoms. The highest BCUT2D eigenvalue weighted by atomic mass is 16.5. The number of hydrogen-bond acceptors (Lipinski definition) is 7. The number of methoxy groups -OCH3 is 2. The van der Waals surface area contributed by atoms with Gasteiger partial charge in [0.25, 0.3) is 0 Å². The predicted octanol–water partition coefficient (Wildman–Crippen LogP) is 1.88. The normalized spacial score (nSPS) is 18.7. The summed E-state index contributed by atoms with van der Waals surface area (Å²) < 4.78 is 10.4. The Morgan fingerprint density at radius 2 is 2.05 bits per heavy atom. The molecule has 1 aromatic rings. The van der Waals surface area contributed by atoms with Crippen LogP contribution in [0.4, 0.5) is 0 Å². The summed E-state index contributed by atoms with van der Waals surface area (Å²) in [6.07, 6.45) is -0.409. The van der Waals surface area contributed by atoms with Gasteiger partial charge in [-0.2, -0.15) is 5.11 Å². The van der Waals surface area contributed by atoms with Crippen molar-refractivity contribution in [1.82, 2.24) is 5.01 Å². The highest BCUT2D eigenvalue weighted by Gasteiger charge is 2.24. The number of aliphatic hydroxyl groups excluding tert-OH is 1. The number of aliphatic hydroxyl groups is 1. The molecule has 102 valence electrons. The third kappa shape index (κ3) is 2.32. The quantitative estimate of drug-likeness (QED) is 0.813. The van der Waals surface area contributed by atoms with Crippen LogP contribution in [0.1, 0.15) is 12.5 Å². The van der Waals surface area contributed by atoms with Gasteiger partial charge in [-0.05, 0) is 19.1 Å². The second-order valence-corrected chi connectivity index (χ2v) is 3.99. The molecule has 1 aliphatic heterocycles. The van der Waals surface area contributed by atoms with E-state index >= 15 is 0 Å². The number of rotatable bonds is 3. The van der Waals surface area contributed by atoms with Gasteiger partial charge >= 0.3 is 0 Å². The Morgan fingerprint density at radius 1 is 1.32 bits per heavy atom. The van der Waals surface area contributed by atoms with Crippen molar-refractivity contribution in [2.24, 2.45) is 16.1 Å². The van der Waals surface area contributed by atoms with Crippen molar-refractivity contribution >= 4 is 5.70 Å².